The lowest BCUT2D eigenvalue weighted by Crippen LogP contribution is -1.89. The molecule has 0 aliphatic carbocycles. The van der Waals surface area contributed by atoms with Gasteiger partial charge in [0.05, 0.1) is 5.56 Å². The fourth-order valence-electron chi connectivity index (χ4n) is 4.50. The highest BCUT2D eigenvalue weighted by atomic mass is 19.1. The Morgan fingerprint density at radius 3 is 2.19 bits per heavy atom. The first-order chi connectivity index (χ1) is 17.7. The Labute approximate surface area is 215 Å². The molecule has 0 aromatic heterocycles. The van der Waals surface area contributed by atoms with Crippen molar-refractivity contribution in [1.29, 1.82) is 0 Å². The molecule has 0 heterocycles. The highest BCUT2D eigenvalue weighted by Gasteiger charge is 2.08. The largest absolute Gasteiger partial charge is 0.205 e. The monoisotopic (exact) mass is 474 g/mol. The third-order valence-corrected chi connectivity index (χ3v) is 6.69. The van der Waals surface area contributed by atoms with E-state index >= 15 is 4.39 Å². The smallest absolute Gasteiger partial charge is 0.146 e. The van der Waals surface area contributed by atoms with Crippen LogP contribution >= 0.6 is 0 Å². The van der Waals surface area contributed by atoms with Crippen molar-refractivity contribution in [3.63, 3.8) is 0 Å². The van der Waals surface area contributed by atoms with E-state index in [1.807, 2.05) is 30.3 Å². The standard InChI is InChI=1S/C35H35F/c1-3-5-7-9-11-27-12-14-29(15-13-27)18-21-31-22-23-33-26-32(24-25-34(33)35(31)36)30-19-16-28(17-20-30)10-8-6-4-2/h4,6,12-17,19-20,22-26H,3,5,7-11H2,1-2H3/b6-4+. The van der Waals surface area contributed by atoms with E-state index in [2.05, 4.69) is 80.3 Å². The summed E-state index contributed by atoms with van der Waals surface area (Å²) < 4.78 is 15.3. The zero-order valence-corrected chi connectivity index (χ0v) is 21.5. The van der Waals surface area contributed by atoms with Crippen LogP contribution in [0.5, 0.6) is 0 Å². The van der Waals surface area contributed by atoms with Gasteiger partial charge in [-0.15, -0.1) is 0 Å². The highest BCUT2D eigenvalue weighted by molar-refractivity contribution is 5.89. The van der Waals surface area contributed by atoms with Crippen LogP contribution in [-0.2, 0) is 12.8 Å². The van der Waals surface area contributed by atoms with Gasteiger partial charge in [-0.05, 0) is 84.5 Å². The van der Waals surface area contributed by atoms with E-state index in [0.29, 0.717) is 10.9 Å². The summed E-state index contributed by atoms with van der Waals surface area (Å²) >= 11 is 0. The molecule has 0 nitrogen and oxygen atoms in total. The maximum absolute atomic E-state index is 15.3. The van der Waals surface area contributed by atoms with Gasteiger partial charge in [0.1, 0.15) is 5.82 Å². The molecule has 0 unspecified atom stereocenters. The number of benzene rings is 4. The lowest BCUT2D eigenvalue weighted by Gasteiger charge is -2.07. The Morgan fingerprint density at radius 1 is 0.722 bits per heavy atom. The molecule has 4 rings (SSSR count). The molecule has 0 spiro atoms. The van der Waals surface area contributed by atoms with Gasteiger partial charge in [0.25, 0.3) is 0 Å². The molecule has 0 bridgehead atoms. The Balaban J connectivity index is 1.47. The van der Waals surface area contributed by atoms with E-state index < -0.39 is 0 Å². The molecule has 0 amide bonds. The van der Waals surface area contributed by atoms with E-state index in [1.54, 1.807) is 6.07 Å². The topological polar surface area (TPSA) is 0 Å². The summed E-state index contributed by atoms with van der Waals surface area (Å²) in [4.78, 5) is 0. The number of hydrogen-bond donors (Lipinski definition) is 0. The van der Waals surface area contributed by atoms with Gasteiger partial charge in [0, 0.05) is 10.9 Å². The molecule has 1 heteroatoms. The Bertz CT molecular complexity index is 1360. The van der Waals surface area contributed by atoms with Crippen LogP contribution < -0.4 is 0 Å². The zero-order chi connectivity index (χ0) is 25.2. The van der Waals surface area contributed by atoms with Gasteiger partial charge in [-0.25, -0.2) is 4.39 Å². The van der Waals surface area contributed by atoms with E-state index in [1.165, 1.54) is 36.8 Å². The highest BCUT2D eigenvalue weighted by Crippen LogP contribution is 2.28. The SMILES string of the molecule is C/C=C/CCc1ccc(-c2ccc3c(F)c(C#Cc4ccc(CCCCCC)cc4)ccc3c2)cc1. The van der Waals surface area contributed by atoms with E-state index in [0.717, 1.165) is 41.3 Å². The van der Waals surface area contributed by atoms with Gasteiger partial charge in [-0.3, -0.25) is 0 Å². The van der Waals surface area contributed by atoms with E-state index in [4.69, 9.17) is 0 Å². The van der Waals surface area contributed by atoms with Crippen LogP contribution in [0.1, 0.15) is 68.2 Å². The van der Waals surface area contributed by atoms with Crippen molar-refractivity contribution >= 4 is 10.8 Å². The zero-order valence-electron chi connectivity index (χ0n) is 21.5. The summed E-state index contributed by atoms with van der Waals surface area (Å²) in [6.45, 7) is 4.28. The maximum Gasteiger partial charge on any atom is 0.146 e. The van der Waals surface area contributed by atoms with Crippen molar-refractivity contribution in [3.05, 3.63) is 119 Å². The van der Waals surface area contributed by atoms with Crippen molar-refractivity contribution in [2.45, 2.75) is 58.8 Å². The third kappa shape index (κ3) is 6.73. The second-order valence-corrected chi connectivity index (χ2v) is 9.43. The molecule has 182 valence electrons. The Morgan fingerprint density at radius 2 is 1.44 bits per heavy atom. The quantitative estimate of drug-likeness (QED) is 0.129. The van der Waals surface area contributed by atoms with Gasteiger partial charge in [-0.1, -0.05) is 105 Å². The van der Waals surface area contributed by atoms with Crippen LogP contribution in [-0.4, -0.2) is 0 Å². The maximum atomic E-state index is 15.3. The summed E-state index contributed by atoms with van der Waals surface area (Å²) in [6.07, 6.45) is 12.6. The molecule has 0 atom stereocenters. The normalized spacial score (nSPS) is 11.1. The molecule has 0 saturated heterocycles. The number of rotatable bonds is 9. The van der Waals surface area contributed by atoms with Crippen LogP contribution in [0.3, 0.4) is 0 Å². The number of fused-ring (bicyclic) bond motifs is 1. The van der Waals surface area contributed by atoms with Gasteiger partial charge in [0.2, 0.25) is 0 Å². The minimum absolute atomic E-state index is 0.251. The minimum Gasteiger partial charge on any atom is -0.205 e. The number of unbranched alkanes of at least 4 members (excludes halogenated alkanes) is 3. The van der Waals surface area contributed by atoms with Gasteiger partial charge < -0.3 is 0 Å². The van der Waals surface area contributed by atoms with Crippen LogP contribution in [0.15, 0.2) is 91.0 Å². The second-order valence-electron chi connectivity index (χ2n) is 9.43. The van der Waals surface area contributed by atoms with Gasteiger partial charge in [-0.2, -0.15) is 0 Å². The molecule has 36 heavy (non-hydrogen) atoms. The minimum atomic E-state index is -0.251. The van der Waals surface area contributed by atoms with Gasteiger partial charge >= 0.3 is 0 Å². The van der Waals surface area contributed by atoms with Crippen LogP contribution in [0, 0.1) is 17.7 Å². The molecular formula is C35H35F. The molecule has 0 N–H and O–H groups in total. The Kier molecular flexibility index (Phi) is 9.12. The molecular weight excluding hydrogens is 439 g/mol. The van der Waals surface area contributed by atoms with Crippen LogP contribution in [0.2, 0.25) is 0 Å². The summed E-state index contributed by atoms with van der Waals surface area (Å²) in [5.74, 6) is 5.93. The lowest BCUT2D eigenvalue weighted by molar-refractivity contribution is 0.636. The molecule has 0 saturated carbocycles. The van der Waals surface area contributed by atoms with Crippen LogP contribution in [0.25, 0.3) is 21.9 Å². The second kappa shape index (κ2) is 12.9. The van der Waals surface area contributed by atoms with Crippen molar-refractivity contribution in [3.8, 4) is 23.0 Å². The first-order valence-electron chi connectivity index (χ1n) is 13.2. The van der Waals surface area contributed by atoms with Crippen molar-refractivity contribution < 1.29 is 4.39 Å². The lowest BCUT2D eigenvalue weighted by atomic mass is 9.98. The Hall–Kier alpha value is -3.63. The summed E-state index contributed by atoms with van der Waals surface area (Å²) in [5, 5.41) is 1.50. The summed E-state index contributed by atoms with van der Waals surface area (Å²) in [6, 6.07) is 26.7. The molecule has 0 aliphatic heterocycles. The molecule has 4 aromatic carbocycles. The van der Waals surface area contributed by atoms with Crippen LogP contribution in [0.4, 0.5) is 4.39 Å². The average Bonchev–Trinajstić information content (AvgIpc) is 2.92. The van der Waals surface area contributed by atoms with Crippen molar-refractivity contribution in [2.24, 2.45) is 0 Å². The molecule has 4 aromatic rings. The number of halogens is 1. The fraction of sp³-hybridized carbons (Fsp3) is 0.257. The van der Waals surface area contributed by atoms with Crippen molar-refractivity contribution in [1.82, 2.24) is 0 Å². The molecule has 0 aliphatic rings. The summed E-state index contributed by atoms with van der Waals surface area (Å²) in [7, 11) is 0. The molecule has 0 fully saturated rings. The number of allylic oxidation sites excluding steroid dienone is 2. The predicted molar refractivity (Wildman–Crippen MR) is 153 cm³/mol. The predicted octanol–water partition coefficient (Wildman–Crippen LogP) is 9.68. The third-order valence-electron chi connectivity index (χ3n) is 6.69. The number of hydrogen-bond acceptors (Lipinski definition) is 0. The first kappa shape index (κ1) is 25.5. The average molecular weight is 475 g/mol. The molecule has 0 radical (unpaired) electrons. The van der Waals surface area contributed by atoms with Crippen molar-refractivity contribution in [2.75, 3.05) is 0 Å². The van der Waals surface area contributed by atoms with E-state index in [9.17, 15) is 0 Å². The summed E-state index contributed by atoms with van der Waals surface area (Å²) in [5.41, 5.74) is 6.25. The first-order valence-corrected chi connectivity index (χ1v) is 13.2. The fourth-order valence-corrected chi connectivity index (χ4v) is 4.50. The van der Waals surface area contributed by atoms with Gasteiger partial charge in [0.15, 0.2) is 0 Å². The number of aryl methyl sites for hydroxylation is 2. The van der Waals surface area contributed by atoms with E-state index in [-0.39, 0.29) is 5.82 Å².